The van der Waals surface area contributed by atoms with E-state index in [1.165, 1.54) is 0 Å². The number of aliphatic hydroxyl groups is 1. The van der Waals surface area contributed by atoms with Gasteiger partial charge in [0.1, 0.15) is 0 Å². The van der Waals surface area contributed by atoms with Crippen LogP contribution in [-0.2, 0) is 4.79 Å². The van der Waals surface area contributed by atoms with E-state index in [-0.39, 0.29) is 29.8 Å². The first-order chi connectivity index (χ1) is 11.0. The zero-order chi connectivity index (χ0) is 16.4. The highest BCUT2D eigenvalue weighted by molar-refractivity contribution is 6.30. The van der Waals surface area contributed by atoms with Crippen LogP contribution in [0.5, 0.6) is 0 Å². The summed E-state index contributed by atoms with van der Waals surface area (Å²) in [6.45, 7) is 4.39. The lowest BCUT2D eigenvalue weighted by atomic mass is 9.86. The summed E-state index contributed by atoms with van der Waals surface area (Å²) in [5.41, 5.74) is 0.519. The number of hydrogen-bond acceptors (Lipinski definition) is 3. The number of piperidine rings is 1. The van der Waals surface area contributed by atoms with Gasteiger partial charge in [-0.05, 0) is 62.8 Å². The Hall–Kier alpha value is -0.810. The average Bonchev–Trinajstić information content (AvgIpc) is 3.02. The maximum Gasteiger partial charge on any atom is 0.242 e. The van der Waals surface area contributed by atoms with Crippen LogP contribution >= 0.6 is 24.0 Å². The SMILES string of the molecule is CC1(C(=O)N2CCC(C(O)c3ccc(Cl)cc3)CC2)CCCN1.Cl. The standard InChI is InChI=1S/C18H25ClN2O2.ClH/c1-18(9-2-10-20-18)17(23)21-11-7-14(8-12-21)16(22)13-3-5-15(19)6-4-13;/h3-6,14,16,20,22H,2,7-12H2,1H3;1H. The molecule has 6 heteroatoms. The van der Waals surface area contributed by atoms with E-state index in [2.05, 4.69) is 5.32 Å². The summed E-state index contributed by atoms with van der Waals surface area (Å²) in [5.74, 6) is 0.416. The van der Waals surface area contributed by atoms with Gasteiger partial charge in [0.05, 0.1) is 11.6 Å². The van der Waals surface area contributed by atoms with Crippen LogP contribution in [-0.4, -0.2) is 41.1 Å². The highest BCUT2D eigenvalue weighted by Gasteiger charge is 2.40. The number of halogens is 2. The number of likely N-dealkylation sites (tertiary alicyclic amines) is 1. The maximum atomic E-state index is 12.7. The third kappa shape index (κ3) is 4.05. The molecule has 2 N–H and O–H groups in total. The Kier molecular flexibility index (Phi) is 6.54. The minimum atomic E-state index is -0.482. The molecule has 2 atom stereocenters. The molecule has 2 unspecified atom stereocenters. The number of rotatable bonds is 3. The summed E-state index contributed by atoms with van der Waals surface area (Å²) in [4.78, 5) is 14.7. The lowest BCUT2D eigenvalue weighted by molar-refractivity contribution is -0.139. The zero-order valence-corrected chi connectivity index (χ0v) is 15.6. The molecule has 0 saturated carbocycles. The van der Waals surface area contributed by atoms with E-state index < -0.39 is 6.10 Å². The van der Waals surface area contributed by atoms with Crippen molar-refractivity contribution in [1.29, 1.82) is 0 Å². The number of nitrogens with one attached hydrogen (secondary N) is 1. The second-order valence-electron chi connectivity index (χ2n) is 6.99. The number of hydrogen-bond donors (Lipinski definition) is 2. The molecule has 2 heterocycles. The Labute approximate surface area is 155 Å². The molecule has 0 bridgehead atoms. The van der Waals surface area contributed by atoms with Crippen molar-refractivity contribution in [3.8, 4) is 0 Å². The van der Waals surface area contributed by atoms with Crippen molar-refractivity contribution in [3.05, 3.63) is 34.9 Å². The van der Waals surface area contributed by atoms with Crippen molar-refractivity contribution in [1.82, 2.24) is 10.2 Å². The van der Waals surface area contributed by atoms with Gasteiger partial charge in [-0.1, -0.05) is 23.7 Å². The van der Waals surface area contributed by atoms with Crippen molar-refractivity contribution >= 4 is 29.9 Å². The highest BCUT2D eigenvalue weighted by Crippen LogP contribution is 2.32. The van der Waals surface area contributed by atoms with Crippen molar-refractivity contribution < 1.29 is 9.90 Å². The number of carbonyl (C=O) groups excluding carboxylic acids is 1. The Balaban J connectivity index is 0.00000208. The van der Waals surface area contributed by atoms with Gasteiger partial charge in [0.2, 0.25) is 5.91 Å². The van der Waals surface area contributed by atoms with Crippen LogP contribution in [0.1, 0.15) is 44.3 Å². The molecule has 0 radical (unpaired) electrons. The average molecular weight is 373 g/mol. The second kappa shape index (κ2) is 8.05. The van der Waals surface area contributed by atoms with Crippen molar-refractivity contribution in [2.24, 2.45) is 5.92 Å². The number of nitrogens with zero attached hydrogens (tertiary/aromatic N) is 1. The molecule has 3 rings (SSSR count). The summed E-state index contributed by atoms with van der Waals surface area (Å²) in [6.07, 6.45) is 3.18. The molecule has 134 valence electrons. The number of amides is 1. The first kappa shape index (κ1) is 19.5. The summed E-state index contributed by atoms with van der Waals surface area (Å²) < 4.78 is 0. The molecule has 2 aliphatic rings. The monoisotopic (exact) mass is 372 g/mol. The van der Waals surface area contributed by atoms with Gasteiger partial charge in [-0.3, -0.25) is 4.79 Å². The highest BCUT2D eigenvalue weighted by atomic mass is 35.5. The molecular weight excluding hydrogens is 347 g/mol. The summed E-state index contributed by atoms with van der Waals surface area (Å²) in [5, 5.41) is 14.6. The van der Waals surface area contributed by atoms with Crippen LogP contribution in [0.4, 0.5) is 0 Å². The van der Waals surface area contributed by atoms with Crippen LogP contribution in [0.25, 0.3) is 0 Å². The Morgan fingerprint density at radius 3 is 2.50 bits per heavy atom. The lowest BCUT2D eigenvalue weighted by Crippen LogP contribution is -2.54. The minimum absolute atomic E-state index is 0. The van der Waals surface area contributed by atoms with Crippen molar-refractivity contribution in [2.45, 2.75) is 44.2 Å². The maximum absolute atomic E-state index is 12.7. The molecule has 1 aromatic carbocycles. The lowest BCUT2D eigenvalue weighted by Gasteiger charge is -2.38. The quantitative estimate of drug-likeness (QED) is 0.856. The largest absolute Gasteiger partial charge is 0.388 e. The van der Waals surface area contributed by atoms with Gasteiger partial charge in [0.15, 0.2) is 0 Å². The van der Waals surface area contributed by atoms with E-state index in [4.69, 9.17) is 11.6 Å². The topological polar surface area (TPSA) is 52.6 Å². The molecule has 1 amide bonds. The van der Waals surface area contributed by atoms with Gasteiger partial charge in [0.25, 0.3) is 0 Å². The van der Waals surface area contributed by atoms with Crippen LogP contribution < -0.4 is 5.32 Å². The predicted octanol–water partition coefficient (Wildman–Crippen LogP) is 3.18. The molecule has 2 aliphatic heterocycles. The fourth-order valence-corrected chi connectivity index (χ4v) is 3.90. The first-order valence-electron chi connectivity index (χ1n) is 8.47. The number of benzene rings is 1. The van der Waals surface area contributed by atoms with Crippen LogP contribution in [0.2, 0.25) is 5.02 Å². The number of aliphatic hydroxyl groups excluding tert-OH is 1. The molecule has 4 nitrogen and oxygen atoms in total. The van der Waals surface area contributed by atoms with Gasteiger partial charge in [-0.2, -0.15) is 0 Å². The molecule has 0 aromatic heterocycles. The Morgan fingerprint density at radius 2 is 1.96 bits per heavy atom. The Bertz CT molecular complexity index is 551. The zero-order valence-electron chi connectivity index (χ0n) is 14.0. The minimum Gasteiger partial charge on any atom is -0.388 e. The molecule has 2 fully saturated rings. The van der Waals surface area contributed by atoms with Gasteiger partial charge in [-0.25, -0.2) is 0 Å². The van der Waals surface area contributed by atoms with Crippen LogP contribution in [0, 0.1) is 5.92 Å². The molecule has 24 heavy (non-hydrogen) atoms. The van der Waals surface area contributed by atoms with Crippen molar-refractivity contribution in [3.63, 3.8) is 0 Å². The molecule has 1 aromatic rings. The fraction of sp³-hybridized carbons (Fsp3) is 0.611. The summed E-state index contributed by atoms with van der Waals surface area (Å²) in [6, 6.07) is 7.39. The predicted molar refractivity (Wildman–Crippen MR) is 98.6 cm³/mol. The van der Waals surface area contributed by atoms with Gasteiger partial charge in [-0.15, -0.1) is 12.4 Å². The molecule has 0 spiro atoms. The van der Waals surface area contributed by atoms with Crippen LogP contribution in [0.3, 0.4) is 0 Å². The third-order valence-electron chi connectivity index (χ3n) is 5.33. The van der Waals surface area contributed by atoms with E-state index in [1.807, 2.05) is 36.1 Å². The van der Waals surface area contributed by atoms with E-state index in [0.717, 1.165) is 50.9 Å². The summed E-state index contributed by atoms with van der Waals surface area (Å²) >= 11 is 5.90. The van der Waals surface area contributed by atoms with Gasteiger partial charge >= 0.3 is 0 Å². The van der Waals surface area contributed by atoms with Crippen molar-refractivity contribution in [2.75, 3.05) is 19.6 Å². The van der Waals surface area contributed by atoms with E-state index in [1.54, 1.807) is 0 Å². The normalized spacial score (nSPS) is 26.0. The van der Waals surface area contributed by atoms with Gasteiger partial charge in [0, 0.05) is 18.1 Å². The second-order valence-corrected chi connectivity index (χ2v) is 7.42. The fourth-order valence-electron chi connectivity index (χ4n) is 3.78. The van der Waals surface area contributed by atoms with E-state index in [0.29, 0.717) is 5.02 Å². The molecule has 0 aliphatic carbocycles. The Morgan fingerprint density at radius 1 is 1.33 bits per heavy atom. The summed E-state index contributed by atoms with van der Waals surface area (Å²) in [7, 11) is 0. The number of carbonyl (C=O) groups is 1. The third-order valence-corrected chi connectivity index (χ3v) is 5.58. The van der Waals surface area contributed by atoms with Gasteiger partial charge < -0.3 is 15.3 Å². The first-order valence-corrected chi connectivity index (χ1v) is 8.85. The van der Waals surface area contributed by atoms with Crippen LogP contribution in [0.15, 0.2) is 24.3 Å². The molecule has 2 saturated heterocycles. The van der Waals surface area contributed by atoms with E-state index in [9.17, 15) is 9.90 Å². The van der Waals surface area contributed by atoms with E-state index >= 15 is 0 Å². The molecular formula is C18H26Cl2N2O2. The smallest absolute Gasteiger partial charge is 0.242 e.